The second-order valence-electron chi connectivity index (χ2n) is 7.53. The third-order valence-corrected chi connectivity index (χ3v) is 5.35. The molecule has 2 aromatic carbocycles. The van der Waals surface area contributed by atoms with Crippen LogP contribution in [0.3, 0.4) is 0 Å². The average molecular weight is 389 g/mol. The van der Waals surface area contributed by atoms with Crippen molar-refractivity contribution in [3.63, 3.8) is 0 Å². The maximum absolute atomic E-state index is 13.9. The number of nitrogens with zero attached hydrogens (tertiary/aromatic N) is 1. The van der Waals surface area contributed by atoms with Gasteiger partial charge in [0.15, 0.2) is 0 Å². The van der Waals surface area contributed by atoms with E-state index < -0.39 is 23.1 Å². The summed E-state index contributed by atoms with van der Waals surface area (Å²) in [6, 6.07) is 8.71. The number of carbonyl (C=O) groups excluding carboxylic acids is 1. The number of aryl methyl sites for hydroxylation is 2. The number of benzene rings is 2. The lowest BCUT2D eigenvalue weighted by atomic mass is 9.96. The van der Waals surface area contributed by atoms with Crippen molar-refractivity contribution >= 4 is 5.91 Å². The van der Waals surface area contributed by atoms with Crippen molar-refractivity contribution in [3.05, 3.63) is 64.7 Å². The van der Waals surface area contributed by atoms with Crippen LogP contribution in [0.15, 0.2) is 36.4 Å². The van der Waals surface area contributed by atoms with E-state index in [1.807, 2.05) is 32.0 Å². The van der Waals surface area contributed by atoms with Gasteiger partial charge >= 0.3 is 0 Å². The van der Waals surface area contributed by atoms with E-state index in [-0.39, 0.29) is 18.7 Å². The molecule has 0 saturated carbocycles. The molecule has 6 heteroatoms. The second kappa shape index (κ2) is 8.27. The smallest absolute Gasteiger partial charge is 0.256 e. The van der Waals surface area contributed by atoms with E-state index in [4.69, 9.17) is 4.74 Å². The molecule has 3 rings (SSSR count). The molecule has 150 valence electrons. The molecular weight excluding hydrogens is 364 g/mol. The maximum atomic E-state index is 13.9. The van der Waals surface area contributed by atoms with Gasteiger partial charge in [-0.2, -0.15) is 0 Å². The van der Waals surface area contributed by atoms with Crippen molar-refractivity contribution in [2.24, 2.45) is 0 Å². The van der Waals surface area contributed by atoms with Crippen LogP contribution in [0.1, 0.15) is 40.7 Å². The van der Waals surface area contributed by atoms with Crippen molar-refractivity contribution in [2.45, 2.75) is 38.7 Å². The Labute approximate surface area is 163 Å². The first-order chi connectivity index (χ1) is 13.3. The van der Waals surface area contributed by atoms with Gasteiger partial charge in [0, 0.05) is 19.2 Å². The summed E-state index contributed by atoms with van der Waals surface area (Å²) in [7, 11) is 0. The molecule has 1 fully saturated rings. The molecule has 1 unspecified atom stereocenters. The molecule has 28 heavy (non-hydrogen) atoms. The number of aliphatic hydroxyl groups is 1. The predicted octanol–water partition coefficient (Wildman–Crippen LogP) is 4.02. The Bertz CT molecular complexity index is 871. The summed E-state index contributed by atoms with van der Waals surface area (Å²) < 4.78 is 32.8. The molecule has 1 amide bonds. The predicted molar refractivity (Wildman–Crippen MR) is 102 cm³/mol. The van der Waals surface area contributed by atoms with Crippen LogP contribution in [0.4, 0.5) is 8.78 Å². The van der Waals surface area contributed by atoms with Crippen LogP contribution in [0.2, 0.25) is 0 Å². The van der Waals surface area contributed by atoms with Gasteiger partial charge in [-0.05, 0) is 68.5 Å². The van der Waals surface area contributed by atoms with Crippen LogP contribution in [0.25, 0.3) is 0 Å². The maximum Gasteiger partial charge on any atom is 0.256 e. The number of likely N-dealkylation sites (tertiary alicyclic amines) is 1. The van der Waals surface area contributed by atoms with Crippen LogP contribution in [0.5, 0.6) is 5.75 Å². The highest BCUT2D eigenvalue weighted by Crippen LogP contribution is 2.26. The lowest BCUT2D eigenvalue weighted by molar-refractivity contribution is -0.0163. The molecule has 0 aromatic heterocycles. The molecule has 1 aliphatic rings. The molecule has 2 aromatic rings. The van der Waals surface area contributed by atoms with Gasteiger partial charge in [-0.1, -0.05) is 6.07 Å². The highest BCUT2D eigenvalue weighted by molar-refractivity contribution is 5.94. The summed E-state index contributed by atoms with van der Waals surface area (Å²) in [4.78, 5) is 14.1. The fourth-order valence-corrected chi connectivity index (χ4v) is 3.38. The Balaban J connectivity index is 1.63. The molecule has 1 saturated heterocycles. The summed E-state index contributed by atoms with van der Waals surface area (Å²) in [5.74, 6) is -1.38. The highest BCUT2D eigenvalue weighted by atomic mass is 19.1. The van der Waals surface area contributed by atoms with Gasteiger partial charge in [-0.25, -0.2) is 8.78 Å². The SMILES string of the molecule is Cc1ccc(OCC2(O)CCCN(C(=O)c3ccc(F)cc3F)CC2)cc1C. The molecular formula is C22H25F2NO3. The molecule has 0 bridgehead atoms. The normalized spacial score (nSPS) is 20.0. The van der Waals surface area contributed by atoms with Gasteiger partial charge in [-0.15, -0.1) is 0 Å². The van der Waals surface area contributed by atoms with Crippen molar-refractivity contribution in [1.82, 2.24) is 4.90 Å². The van der Waals surface area contributed by atoms with Gasteiger partial charge in [0.25, 0.3) is 5.91 Å². The number of amides is 1. The fourth-order valence-electron chi connectivity index (χ4n) is 3.38. The van der Waals surface area contributed by atoms with E-state index in [1.54, 1.807) is 0 Å². The van der Waals surface area contributed by atoms with Crippen molar-refractivity contribution in [1.29, 1.82) is 0 Å². The standard InChI is InChI=1S/C22H25F2NO3/c1-15-4-6-18(12-16(15)2)28-14-22(27)8-3-10-25(11-9-22)21(26)19-7-5-17(23)13-20(19)24/h4-7,12-13,27H,3,8-11,14H2,1-2H3. The number of hydrogen-bond donors (Lipinski definition) is 1. The number of ether oxygens (including phenoxy) is 1. The number of rotatable bonds is 4. The molecule has 0 aliphatic carbocycles. The molecule has 4 nitrogen and oxygen atoms in total. The lowest BCUT2D eigenvalue weighted by Crippen LogP contribution is -2.38. The minimum absolute atomic E-state index is 0.127. The monoisotopic (exact) mass is 389 g/mol. The Kier molecular flexibility index (Phi) is 5.98. The summed E-state index contributed by atoms with van der Waals surface area (Å²) in [6.07, 6.45) is 1.38. The van der Waals surface area contributed by atoms with Crippen molar-refractivity contribution in [3.8, 4) is 5.75 Å². The number of hydrogen-bond acceptors (Lipinski definition) is 3. The van der Waals surface area contributed by atoms with E-state index in [0.29, 0.717) is 37.6 Å². The van der Waals surface area contributed by atoms with Gasteiger partial charge in [0.1, 0.15) is 29.6 Å². The summed E-state index contributed by atoms with van der Waals surface area (Å²) >= 11 is 0. The average Bonchev–Trinajstić information content (AvgIpc) is 2.84. The summed E-state index contributed by atoms with van der Waals surface area (Å²) in [6.45, 7) is 4.83. The highest BCUT2D eigenvalue weighted by Gasteiger charge is 2.33. The van der Waals surface area contributed by atoms with Crippen LogP contribution < -0.4 is 4.74 Å². The first-order valence-electron chi connectivity index (χ1n) is 9.44. The van der Waals surface area contributed by atoms with Crippen LogP contribution in [-0.2, 0) is 0 Å². The third kappa shape index (κ3) is 4.68. The Hall–Kier alpha value is -2.47. The molecule has 1 atom stereocenters. The van der Waals surface area contributed by atoms with E-state index in [2.05, 4.69) is 0 Å². The Morgan fingerprint density at radius 1 is 1.11 bits per heavy atom. The molecule has 1 heterocycles. The topological polar surface area (TPSA) is 49.8 Å². The van der Waals surface area contributed by atoms with E-state index in [0.717, 1.165) is 17.7 Å². The van der Waals surface area contributed by atoms with E-state index >= 15 is 0 Å². The zero-order valence-corrected chi connectivity index (χ0v) is 16.2. The summed E-state index contributed by atoms with van der Waals surface area (Å²) in [5.41, 5.74) is 1.07. The quantitative estimate of drug-likeness (QED) is 0.859. The lowest BCUT2D eigenvalue weighted by Gasteiger charge is -2.27. The molecule has 0 radical (unpaired) electrons. The van der Waals surface area contributed by atoms with Crippen molar-refractivity contribution in [2.75, 3.05) is 19.7 Å². The zero-order valence-electron chi connectivity index (χ0n) is 16.2. The van der Waals surface area contributed by atoms with Gasteiger partial charge in [-0.3, -0.25) is 4.79 Å². The Morgan fingerprint density at radius 3 is 2.61 bits per heavy atom. The number of carbonyl (C=O) groups is 1. The molecule has 1 aliphatic heterocycles. The second-order valence-corrected chi connectivity index (χ2v) is 7.53. The van der Waals surface area contributed by atoms with Crippen molar-refractivity contribution < 1.29 is 23.4 Å². The molecule has 0 spiro atoms. The third-order valence-electron chi connectivity index (χ3n) is 5.35. The van der Waals surface area contributed by atoms with Gasteiger partial charge in [0.2, 0.25) is 0 Å². The summed E-state index contributed by atoms with van der Waals surface area (Å²) in [5, 5.41) is 10.9. The Morgan fingerprint density at radius 2 is 1.89 bits per heavy atom. The van der Waals surface area contributed by atoms with E-state index in [9.17, 15) is 18.7 Å². The largest absolute Gasteiger partial charge is 0.491 e. The zero-order chi connectivity index (χ0) is 20.3. The minimum Gasteiger partial charge on any atom is -0.491 e. The van der Waals surface area contributed by atoms with E-state index in [1.165, 1.54) is 10.5 Å². The fraction of sp³-hybridized carbons (Fsp3) is 0.409. The van der Waals surface area contributed by atoms with Crippen LogP contribution in [-0.4, -0.2) is 41.2 Å². The first kappa shape index (κ1) is 20.3. The minimum atomic E-state index is -1.06. The first-order valence-corrected chi connectivity index (χ1v) is 9.44. The van der Waals surface area contributed by atoms with Crippen LogP contribution >= 0.6 is 0 Å². The van der Waals surface area contributed by atoms with Gasteiger partial charge < -0.3 is 14.7 Å². The molecule has 1 N–H and O–H groups in total. The van der Waals surface area contributed by atoms with Gasteiger partial charge in [0.05, 0.1) is 5.56 Å². The van der Waals surface area contributed by atoms with Crippen LogP contribution in [0, 0.1) is 25.5 Å². The number of halogens is 2.